The van der Waals surface area contributed by atoms with Gasteiger partial charge < -0.3 is 20.7 Å². The number of rotatable bonds is 6. The maximum Gasteiger partial charge on any atom is 0.337 e. The molecule has 0 saturated heterocycles. The Balaban J connectivity index is 1.77. The SMILES string of the molecule is CCOC(=O)C1=C(CNc2cccc(-c3ccnc(C)n3)c2)NC(=O)NC1. The first-order chi connectivity index (χ1) is 13.1. The second-order valence-corrected chi connectivity index (χ2v) is 5.91. The average molecular weight is 367 g/mol. The lowest BCUT2D eigenvalue weighted by atomic mass is 10.1. The number of carbonyl (C=O) groups excluding carboxylic acids is 2. The minimum atomic E-state index is -0.438. The van der Waals surface area contributed by atoms with Crippen LogP contribution >= 0.6 is 0 Å². The summed E-state index contributed by atoms with van der Waals surface area (Å²) < 4.78 is 5.06. The van der Waals surface area contributed by atoms with Crippen molar-refractivity contribution in [2.45, 2.75) is 13.8 Å². The molecule has 0 bridgehead atoms. The van der Waals surface area contributed by atoms with Crippen molar-refractivity contribution in [2.75, 3.05) is 25.0 Å². The molecule has 140 valence electrons. The van der Waals surface area contributed by atoms with Gasteiger partial charge in [-0.15, -0.1) is 0 Å². The Kier molecular flexibility index (Phi) is 5.65. The number of aryl methyl sites for hydroxylation is 1. The fourth-order valence-electron chi connectivity index (χ4n) is 2.69. The predicted molar refractivity (Wildman–Crippen MR) is 101 cm³/mol. The summed E-state index contributed by atoms with van der Waals surface area (Å²) in [5, 5.41) is 8.50. The second-order valence-electron chi connectivity index (χ2n) is 5.91. The van der Waals surface area contributed by atoms with Gasteiger partial charge in [0.15, 0.2) is 0 Å². The van der Waals surface area contributed by atoms with E-state index in [2.05, 4.69) is 25.9 Å². The van der Waals surface area contributed by atoms with E-state index in [4.69, 9.17) is 4.74 Å². The summed E-state index contributed by atoms with van der Waals surface area (Å²) >= 11 is 0. The van der Waals surface area contributed by atoms with Crippen LogP contribution in [0.5, 0.6) is 0 Å². The standard InChI is InChI=1S/C19H21N5O3/c1-3-27-18(25)15-10-22-19(26)24-17(15)11-21-14-6-4-5-13(9-14)16-7-8-20-12(2)23-16/h4-9,21H,3,10-11H2,1-2H3,(H2,22,24,26). The minimum absolute atomic E-state index is 0.141. The molecule has 0 aliphatic carbocycles. The normalized spacial score (nSPS) is 13.6. The number of ether oxygens (including phenoxy) is 1. The third-order valence-electron chi connectivity index (χ3n) is 3.98. The van der Waals surface area contributed by atoms with Gasteiger partial charge in [-0.1, -0.05) is 12.1 Å². The van der Waals surface area contributed by atoms with Crippen LogP contribution in [0.2, 0.25) is 0 Å². The number of esters is 1. The topological polar surface area (TPSA) is 105 Å². The van der Waals surface area contributed by atoms with Crippen molar-refractivity contribution in [2.24, 2.45) is 0 Å². The molecule has 0 radical (unpaired) electrons. The van der Waals surface area contributed by atoms with Gasteiger partial charge in [0.1, 0.15) is 5.82 Å². The van der Waals surface area contributed by atoms with E-state index in [9.17, 15) is 9.59 Å². The zero-order valence-corrected chi connectivity index (χ0v) is 15.2. The van der Waals surface area contributed by atoms with Crippen LogP contribution in [0.1, 0.15) is 12.7 Å². The first-order valence-corrected chi connectivity index (χ1v) is 8.64. The van der Waals surface area contributed by atoms with Crippen LogP contribution in [-0.4, -0.2) is 41.7 Å². The highest BCUT2D eigenvalue weighted by Crippen LogP contribution is 2.21. The Hall–Kier alpha value is -3.42. The fraction of sp³-hybridized carbons (Fsp3) is 0.263. The summed E-state index contributed by atoms with van der Waals surface area (Å²) in [6, 6.07) is 9.24. The fourth-order valence-corrected chi connectivity index (χ4v) is 2.69. The molecule has 1 aliphatic heterocycles. The van der Waals surface area contributed by atoms with Gasteiger partial charge in [0.05, 0.1) is 36.7 Å². The number of nitrogens with zero attached hydrogens (tertiary/aromatic N) is 2. The second kappa shape index (κ2) is 8.31. The lowest BCUT2D eigenvalue weighted by molar-refractivity contribution is -0.138. The Morgan fingerprint density at radius 1 is 1.33 bits per heavy atom. The van der Waals surface area contributed by atoms with Gasteiger partial charge in [-0.25, -0.2) is 19.6 Å². The van der Waals surface area contributed by atoms with Crippen LogP contribution in [0, 0.1) is 6.92 Å². The largest absolute Gasteiger partial charge is 0.463 e. The van der Waals surface area contributed by atoms with Gasteiger partial charge in [-0.05, 0) is 32.0 Å². The molecule has 1 aromatic heterocycles. The van der Waals surface area contributed by atoms with Crippen molar-refractivity contribution in [3.8, 4) is 11.3 Å². The van der Waals surface area contributed by atoms with Gasteiger partial charge in [0, 0.05) is 17.4 Å². The zero-order chi connectivity index (χ0) is 19.2. The molecule has 0 atom stereocenters. The number of amides is 2. The average Bonchev–Trinajstić information content (AvgIpc) is 2.67. The number of anilines is 1. The lowest BCUT2D eigenvalue weighted by Crippen LogP contribution is -2.45. The molecule has 2 amide bonds. The summed E-state index contributed by atoms with van der Waals surface area (Å²) in [4.78, 5) is 32.3. The molecular formula is C19H21N5O3. The van der Waals surface area contributed by atoms with E-state index >= 15 is 0 Å². The molecule has 1 aliphatic rings. The highest BCUT2D eigenvalue weighted by molar-refractivity contribution is 5.93. The summed E-state index contributed by atoms with van der Waals surface area (Å²) in [5.74, 6) is 0.263. The van der Waals surface area contributed by atoms with Gasteiger partial charge in [0.2, 0.25) is 0 Å². The minimum Gasteiger partial charge on any atom is -0.463 e. The van der Waals surface area contributed by atoms with Crippen molar-refractivity contribution in [3.63, 3.8) is 0 Å². The third kappa shape index (κ3) is 4.60. The van der Waals surface area contributed by atoms with E-state index in [-0.39, 0.29) is 25.7 Å². The number of benzene rings is 1. The van der Waals surface area contributed by atoms with Crippen molar-refractivity contribution in [1.82, 2.24) is 20.6 Å². The van der Waals surface area contributed by atoms with Gasteiger partial charge in [-0.2, -0.15) is 0 Å². The Morgan fingerprint density at radius 3 is 2.96 bits per heavy atom. The smallest absolute Gasteiger partial charge is 0.337 e. The quantitative estimate of drug-likeness (QED) is 0.675. The van der Waals surface area contributed by atoms with Crippen LogP contribution in [0.4, 0.5) is 10.5 Å². The molecule has 2 heterocycles. The summed E-state index contributed by atoms with van der Waals surface area (Å²) in [6.45, 7) is 4.29. The van der Waals surface area contributed by atoms with Gasteiger partial charge in [0.25, 0.3) is 0 Å². The summed E-state index contributed by atoms with van der Waals surface area (Å²) in [5.41, 5.74) is 3.52. The van der Waals surface area contributed by atoms with E-state index in [0.29, 0.717) is 17.1 Å². The molecule has 8 nitrogen and oxygen atoms in total. The maximum atomic E-state index is 12.1. The third-order valence-corrected chi connectivity index (χ3v) is 3.98. The van der Waals surface area contributed by atoms with Crippen molar-refractivity contribution < 1.29 is 14.3 Å². The molecule has 1 aromatic carbocycles. The van der Waals surface area contributed by atoms with E-state index < -0.39 is 5.97 Å². The van der Waals surface area contributed by atoms with Crippen LogP contribution in [0.15, 0.2) is 47.8 Å². The Morgan fingerprint density at radius 2 is 2.19 bits per heavy atom. The Bertz CT molecular complexity index is 894. The zero-order valence-electron chi connectivity index (χ0n) is 15.2. The van der Waals surface area contributed by atoms with Crippen LogP contribution in [0.25, 0.3) is 11.3 Å². The number of hydrogen-bond acceptors (Lipinski definition) is 6. The molecular weight excluding hydrogens is 346 g/mol. The van der Waals surface area contributed by atoms with Crippen LogP contribution in [0.3, 0.4) is 0 Å². The van der Waals surface area contributed by atoms with Crippen molar-refractivity contribution >= 4 is 17.7 Å². The number of aromatic nitrogens is 2. The van der Waals surface area contributed by atoms with Gasteiger partial charge in [-0.3, -0.25) is 0 Å². The first-order valence-electron chi connectivity index (χ1n) is 8.64. The van der Waals surface area contributed by atoms with E-state index in [1.807, 2.05) is 37.3 Å². The molecule has 27 heavy (non-hydrogen) atoms. The molecule has 8 heteroatoms. The molecule has 3 rings (SSSR count). The van der Waals surface area contributed by atoms with Crippen LogP contribution in [-0.2, 0) is 9.53 Å². The number of nitrogens with one attached hydrogen (secondary N) is 3. The molecule has 0 unspecified atom stereocenters. The number of hydrogen-bond donors (Lipinski definition) is 3. The number of urea groups is 1. The molecule has 3 N–H and O–H groups in total. The maximum absolute atomic E-state index is 12.1. The monoisotopic (exact) mass is 367 g/mol. The molecule has 0 spiro atoms. The summed E-state index contributed by atoms with van der Waals surface area (Å²) in [7, 11) is 0. The highest BCUT2D eigenvalue weighted by Gasteiger charge is 2.23. The molecule has 2 aromatic rings. The molecule has 0 fully saturated rings. The highest BCUT2D eigenvalue weighted by atomic mass is 16.5. The Labute approximate surface area is 157 Å². The molecule has 0 saturated carbocycles. The van der Waals surface area contributed by atoms with Gasteiger partial charge >= 0.3 is 12.0 Å². The first kappa shape index (κ1) is 18.4. The van der Waals surface area contributed by atoms with E-state index in [1.54, 1.807) is 13.1 Å². The lowest BCUT2D eigenvalue weighted by Gasteiger charge is -2.22. The van der Waals surface area contributed by atoms with Crippen molar-refractivity contribution in [3.05, 3.63) is 53.6 Å². The van der Waals surface area contributed by atoms with Crippen molar-refractivity contribution in [1.29, 1.82) is 0 Å². The van der Waals surface area contributed by atoms with E-state index in [1.165, 1.54) is 0 Å². The summed E-state index contributed by atoms with van der Waals surface area (Å²) in [6.07, 6.45) is 1.72. The van der Waals surface area contributed by atoms with E-state index in [0.717, 1.165) is 16.9 Å². The number of carbonyl (C=O) groups is 2. The van der Waals surface area contributed by atoms with Crippen LogP contribution < -0.4 is 16.0 Å². The predicted octanol–water partition coefficient (Wildman–Crippen LogP) is 1.99.